The molecular formula is C26H31ClN2O4. The van der Waals surface area contributed by atoms with Crippen LogP contribution in [0.5, 0.6) is 5.75 Å². The number of ketones is 1. The van der Waals surface area contributed by atoms with Gasteiger partial charge in [-0.25, -0.2) is 0 Å². The van der Waals surface area contributed by atoms with Gasteiger partial charge in [-0.05, 0) is 61.5 Å². The average molecular weight is 471 g/mol. The molecule has 1 aliphatic rings. The van der Waals surface area contributed by atoms with Crippen molar-refractivity contribution in [3.05, 3.63) is 70.3 Å². The van der Waals surface area contributed by atoms with Gasteiger partial charge in [-0.3, -0.25) is 9.59 Å². The number of aliphatic hydroxyl groups is 1. The Hall–Kier alpha value is -2.83. The number of aliphatic hydroxyl groups excluding tert-OH is 1. The van der Waals surface area contributed by atoms with E-state index in [-0.39, 0.29) is 11.3 Å². The normalized spacial score (nSPS) is 17.7. The predicted molar refractivity (Wildman–Crippen MR) is 130 cm³/mol. The average Bonchev–Trinajstić information content (AvgIpc) is 3.08. The summed E-state index contributed by atoms with van der Waals surface area (Å²) in [5.74, 6) is -0.766. The molecule has 176 valence electrons. The third-order valence-electron chi connectivity index (χ3n) is 5.88. The van der Waals surface area contributed by atoms with Crippen molar-refractivity contribution in [1.82, 2.24) is 9.80 Å². The van der Waals surface area contributed by atoms with E-state index < -0.39 is 17.7 Å². The number of likely N-dealkylation sites (tertiary alicyclic amines) is 1. The van der Waals surface area contributed by atoms with Crippen molar-refractivity contribution in [2.24, 2.45) is 0 Å². The molecule has 1 saturated heterocycles. The number of ether oxygens (including phenoxy) is 1. The summed E-state index contributed by atoms with van der Waals surface area (Å²) in [6.07, 6.45) is 0.897. The van der Waals surface area contributed by atoms with Crippen LogP contribution >= 0.6 is 11.6 Å². The smallest absolute Gasteiger partial charge is 0.295 e. The number of carbonyl (C=O) groups is 2. The van der Waals surface area contributed by atoms with Gasteiger partial charge < -0.3 is 19.6 Å². The molecule has 0 radical (unpaired) electrons. The van der Waals surface area contributed by atoms with Crippen LogP contribution in [0.1, 0.15) is 44.4 Å². The second-order valence-corrected chi connectivity index (χ2v) is 8.38. The van der Waals surface area contributed by atoms with Gasteiger partial charge in [-0.1, -0.05) is 44.5 Å². The van der Waals surface area contributed by atoms with E-state index in [4.69, 9.17) is 16.3 Å². The molecule has 33 heavy (non-hydrogen) atoms. The van der Waals surface area contributed by atoms with E-state index in [0.717, 1.165) is 30.8 Å². The largest absolute Gasteiger partial charge is 0.507 e. The molecule has 2 aromatic carbocycles. The number of amides is 1. The number of hydrogen-bond acceptors (Lipinski definition) is 5. The fraction of sp³-hybridized carbons (Fsp3) is 0.385. The van der Waals surface area contributed by atoms with E-state index in [2.05, 4.69) is 18.7 Å². The SMILES string of the molecule is CCCOc1ccc([C@H]2/C(=C(\O)c3ccc(Cl)cc3)C(=O)C(=O)N2CCN(CC)CC)cc1. The molecule has 1 atom stereocenters. The first-order chi connectivity index (χ1) is 15.9. The number of nitrogens with zero attached hydrogens (tertiary/aromatic N) is 2. The first-order valence-corrected chi connectivity index (χ1v) is 11.8. The third-order valence-corrected chi connectivity index (χ3v) is 6.13. The monoisotopic (exact) mass is 470 g/mol. The predicted octanol–water partition coefficient (Wildman–Crippen LogP) is 4.89. The molecule has 7 heteroatoms. The molecule has 0 aromatic heterocycles. The van der Waals surface area contributed by atoms with E-state index >= 15 is 0 Å². The zero-order valence-corrected chi connectivity index (χ0v) is 20.1. The number of likely N-dealkylation sites (N-methyl/N-ethyl adjacent to an activating group) is 1. The summed E-state index contributed by atoms with van der Waals surface area (Å²) in [6.45, 7) is 9.47. The van der Waals surface area contributed by atoms with Crippen molar-refractivity contribution < 1.29 is 19.4 Å². The van der Waals surface area contributed by atoms with Crippen molar-refractivity contribution >= 4 is 29.1 Å². The maximum Gasteiger partial charge on any atom is 0.295 e. The number of benzene rings is 2. The van der Waals surface area contributed by atoms with Crippen LogP contribution in [0.15, 0.2) is 54.1 Å². The molecule has 2 aromatic rings. The van der Waals surface area contributed by atoms with Crippen molar-refractivity contribution in [2.75, 3.05) is 32.8 Å². The molecule has 1 N–H and O–H groups in total. The summed E-state index contributed by atoms with van der Waals surface area (Å²) < 4.78 is 5.68. The molecule has 1 fully saturated rings. The van der Waals surface area contributed by atoms with Gasteiger partial charge in [0.25, 0.3) is 11.7 Å². The van der Waals surface area contributed by atoms with Crippen LogP contribution in [-0.2, 0) is 9.59 Å². The lowest BCUT2D eigenvalue weighted by Gasteiger charge is -2.28. The highest BCUT2D eigenvalue weighted by Gasteiger charge is 2.45. The summed E-state index contributed by atoms with van der Waals surface area (Å²) in [5.41, 5.74) is 1.27. The zero-order chi connectivity index (χ0) is 24.0. The Kier molecular flexibility index (Phi) is 8.53. The first-order valence-electron chi connectivity index (χ1n) is 11.4. The number of hydrogen-bond donors (Lipinski definition) is 1. The summed E-state index contributed by atoms with van der Waals surface area (Å²) >= 11 is 5.98. The fourth-order valence-corrected chi connectivity index (χ4v) is 4.10. The van der Waals surface area contributed by atoms with Gasteiger partial charge in [0, 0.05) is 23.7 Å². The molecule has 0 saturated carbocycles. The summed E-state index contributed by atoms with van der Waals surface area (Å²) in [6, 6.07) is 13.2. The maximum atomic E-state index is 13.1. The van der Waals surface area contributed by atoms with Gasteiger partial charge in [0.2, 0.25) is 0 Å². The van der Waals surface area contributed by atoms with Crippen LogP contribution in [0.2, 0.25) is 5.02 Å². The van der Waals surface area contributed by atoms with Crippen LogP contribution in [0, 0.1) is 0 Å². The molecule has 1 aliphatic heterocycles. The quantitative estimate of drug-likeness (QED) is 0.304. The number of halogens is 1. The van der Waals surface area contributed by atoms with Gasteiger partial charge >= 0.3 is 0 Å². The van der Waals surface area contributed by atoms with Crippen LogP contribution in [0.3, 0.4) is 0 Å². The summed E-state index contributed by atoms with van der Waals surface area (Å²) in [4.78, 5) is 29.9. The van der Waals surface area contributed by atoms with E-state index in [9.17, 15) is 14.7 Å². The lowest BCUT2D eigenvalue weighted by Crippen LogP contribution is -2.38. The first kappa shape index (κ1) is 24.8. The standard InChI is InChI=1S/C26H31ClN2O4/c1-4-17-33-21-13-9-18(10-14-21)23-22(24(30)19-7-11-20(27)12-8-19)25(31)26(32)29(23)16-15-28(5-2)6-3/h7-14,23,30H,4-6,15-17H2,1-3H3/b24-22+/t23-/m0/s1. The Labute approximate surface area is 200 Å². The van der Waals surface area contributed by atoms with Crippen molar-refractivity contribution in [3.63, 3.8) is 0 Å². The molecule has 1 heterocycles. The second kappa shape index (κ2) is 11.3. The minimum atomic E-state index is -0.684. The van der Waals surface area contributed by atoms with Gasteiger partial charge in [-0.2, -0.15) is 0 Å². The van der Waals surface area contributed by atoms with Crippen LogP contribution < -0.4 is 4.74 Å². The highest BCUT2D eigenvalue weighted by molar-refractivity contribution is 6.46. The Balaban J connectivity index is 2.04. The molecule has 0 aliphatic carbocycles. The van der Waals surface area contributed by atoms with Gasteiger partial charge in [0.05, 0.1) is 18.2 Å². The fourth-order valence-electron chi connectivity index (χ4n) is 3.98. The van der Waals surface area contributed by atoms with Crippen LogP contribution in [0.4, 0.5) is 0 Å². The van der Waals surface area contributed by atoms with Gasteiger partial charge in [0.1, 0.15) is 11.5 Å². The van der Waals surface area contributed by atoms with Crippen molar-refractivity contribution in [3.8, 4) is 5.75 Å². The van der Waals surface area contributed by atoms with Crippen LogP contribution in [-0.4, -0.2) is 59.4 Å². The highest BCUT2D eigenvalue weighted by Crippen LogP contribution is 2.39. The maximum absolute atomic E-state index is 13.1. The van der Waals surface area contributed by atoms with E-state index in [1.54, 1.807) is 29.2 Å². The minimum Gasteiger partial charge on any atom is -0.507 e. The molecule has 3 rings (SSSR count). The zero-order valence-electron chi connectivity index (χ0n) is 19.4. The molecule has 0 bridgehead atoms. The molecule has 0 unspecified atom stereocenters. The van der Waals surface area contributed by atoms with Gasteiger partial charge in [0.15, 0.2) is 0 Å². The van der Waals surface area contributed by atoms with Gasteiger partial charge in [-0.15, -0.1) is 0 Å². The Bertz CT molecular complexity index is 998. The van der Waals surface area contributed by atoms with E-state index in [1.807, 2.05) is 31.2 Å². The highest BCUT2D eigenvalue weighted by atomic mass is 35.5. The Morgan fingerprint density at radius 2 is 1.67 bits per heavy atom. The molecule has 6 nitrogen and oxygen atoms in total. The second-order valence-electron chi connectivity index (χ2n) is 7.94. The van der Waals surface area contributed by atoms with Crippen molar-refractivity contribution in [1.29, 1.82) is 0 Å². The topological polar surface area (TPSA) is 70.1 Å². The number of Topliss-reactive ketones (excluding diaryl/α,β-unsaturated/α-hetero) is 1. The summed E-state index contributed by atoms with van der Waals surface area (Å²) in [5, 5.41) is 11.6. The molecular weight excluding hydrogens is 440 g/mol. The lowest BCUT2D eigenvalue weighted by molar-refractivity contribution is -0.140. The summed E-state index contributed by atoms with van der Waals surface area (Å²) in [7, 11) is 0. The van der Waals surface area contributed by atoms with E-state index in [0.29, 0.717) is 30.3 Å². The number of carbonyl (C=O) groups excluding carboxylic acids is 2. The Morgan fingerprint density at radius 3 is 2.24 bits per heavy atom. The minimum absolute atomic E-state index is 0.0871. The van der Waals surface area contributed by atoms with E-state index in [1.165, 1.54) is 0 Å². The lowest BCUT2D eigenvalue weighted by atomic mass is 9.95. The third kappa shape index (κ3) is 5.57. The van der Waals surface area contributed by atoms with Crippen LogP contribution in [0.25, 0.3) is 5.76 Å². The Morgan fingerprint density at radius 1 is 1.03 bits per heavy atom. The molecule has 1 amide bonds. The molecule has 0 spiro atoms. The van der Waals surface area contributed by atoms with Crippen molar-refractivity contribution in [2.45, 2.75) is 33.2 Å². The number of rotatable bonds is 10.